The van der Waals surface area contributed by atoms with Crippen LogP contribution in [0.1, 0.15) is 25.5 Å². The van der Waals surface area contributed by atoms with E-state index in [1.54, 1.807) is 18.2 Å². The second kappa shape index (κ2) is 4.22. The second-order valence-corrected chi connectivity index (χ2v) is 5.70. The highest BCUT2D eigenvalue weighted by molar-refractivity contribution is 9.10. The lowest BCUT2D eigenvalue weighted by atomic mass is 9.80. The predicted molar refractivity (Wildman–Crippen MR) is 66.8 cm³/mol. The van der Waals surface area contributed by atoms with Crippen LogP contribution in [-0.4, -0.2) is 17.8 Å². The zero-order valence-electron chi connectivity index (χ0n) is 9.66. The average molecular weight is 300 g/mol. The van der Waals surface area contributed by atoms with Crippen LogP contribution >= 0.6 is 15.9 Å². The number of hydrogen-bond acceptors (Lipinski definition) is 3. The number of amides is 1. The Kier molecular flexibility index (Phi) is 3.03. The Morgan fingerprint density at radius 2 is 2.24 bits per heavy atom. The highest BCUT2D eigenvalue weighted by Gasteiger charge is 2.38. The maximum Gasteiger partial charge on any atom is 0.407 e. The quantitative estimate of drug-likeness (QED) is 0.838. The average Bonchev–Trinajstić information content (AvgIpc) is 2.26. The molecule has 2 rings (SSSR count). The zero-order chi connectivity index (χ0) is 12.6. The van der Waals surface area contributed by atoms with Gasteiger partial charge in [-0.1, -0.05) is 29.8 Å². The van der Waals surface area contributed by atoms with E-state index in [-0.39, 0.29) is 17.2 Å². The van der Waals surface area contributed by atoms with Crippen molar-refractivity contribution in [3.05, 3.63) is 28.2 Å². The number of rotatable bonds is 1. The molecule has 1 aliphatic rings. The number of cyclic esters (lactones) is 1. The Hall–Kier alpha value is -1.23. The lowest BCUT2D eigenvalue weighted by Gasteiger charge is -2.39. The number of aromatic hydroxyl groups is 1. The fourth-order valence-corrected chi connectivity index (χ4v) is 2.42. The molecule has 92 valence electrons. The summed E-state index contributed by atoms with van der Waals surface area (Å²) in [6, 6.07) is 4.83. The van der Waals surface area contributed by atoms with E-state index in [1.165, 1.54) is 0 Å². The summed E-state index contributed by atoms with van der Waals surface area (Å²) in [5.74, 6) is 0.180. The molecule has 0 saturated carbocycles. The fraction of sp³-hybridized carbons (Fsp3) is 0.417. The van der Waals surface area contributed by atoms with Gasteiger partial charge in [-0.2, -0.15) is 0 Å². The van der Waals surface area contributed by atoms with E-state index in [2.05, 4.69) is 21.2 Å². The third-order valence-electron chi connectivity index (χ3n) is 2.91. The van der Waals surface area contributed by atoms with Gasteiger partial charge in [0.05, 0.1) is 6.04 Å². The van der Waals surface area contributed by atoms with Crippen molar-refractivity contribution < 1.29 is 14.6 Å². The number of carbonyl (C=O) groups excluding carboxylic acids is 1. The zero-order valence-corrected chi connectivity index (χ0v) is 11.2. The van der Waals surface area contributed by atoms with E-state index < -0.39 is 6.09 Å². The van der Waals surface area contributed by atoms with Crippen LogP contribution in [-0.2, 0) is 4.74 Å². The van der Waals surface area contributed by atoms with Gasteiger partial charge >= 0.3 is 6.09 Å². The Balaban J connectivity index is 2.42. The number of carbonyl (C=O) groups is 1. The summed E-state index contributed by atoms with van der Waals surface area (Å²) in [6.07, 6.45) is -0.426. The van der Waals surface area contributed by atoms with Gasteiger partial charge in [-0.3, -0.25) is 0 Å². The Morgan fingerprint density at radius 1 is 1.53 bits per heavy atom. The molecular formula is C12H14BrNO3. The number of phenolic OH excluding ortho intramolecular Hbond substituents is 1. The number of nitrogens with one attached hydrogen (secondary N) is 1. The molecule has 0 radical (unpaired) electrons. The van der Waals surface area contributed by atoms with Crippen molar-refractivity contribution in [2.45, 2.75) is 19.9 Å². The highest BCUT2D eigenvalue weighted by atomic mass is 79.9. The maximum absolute atomic E-state index is 11.3. The molecule has 1 amide bonds. The van der Waals surface area contributed by atoms with E-state index in [0.717, 1.165) is 10.0 Å². The molecule has 0 bridgehead atoms. The second-order valence-electron chi connectivity index (χ2n) is 4.85. The lowest BCUT2D eigenvalue weighted by molar-refractivity contribution is 0.0385. The Labute approximate surface area is 108 Å². The molecule has 1 atom stereocenters. The molecule has 1 heterocycles. The standard InChI is InChI=1S/C12H14BrNO3/c1-12(2)6-17-11(16)14-10(12)8-5-7(15)3-4-9(8)13/h3-5,10,15H,6H2,1-2H3,(H,14,16)/t10-/m1/s1. The van der Waals surface area contributed by atoms with Gasteiger partial charge in [0.25, 0.3) is 0 Å². The first-order valence-electron chi connectivity index (χ1n) is 5.32. The monoisotopic (exact) mass is 299 g/mol. The van der Waals surface area contributed by atoms with Gasteiger partial charge < -0.3 is 15.2 Å². The summed E-state index contributed by atoms with van der Waals surface area (Å²) < 4.78 is 5.84. The first kappa shape index (κ1) is 12.2. The first-order chi connectivity index (χ1) is 7.90. The third-order valence-corrected chi connectivity index (χ3v) is 3.63. The summed E-state index contributed by atoms with van der Waals surface area (Å²) in [6.45, 7) is 4.37. The van der Waals surface area contributed by atoms with Crippen molar-refractivity contribution >= 4 is 22.0 Å². The van der Waals surface area contributed by atoms with Gasteiger partial charge in [0.2, 0.25) is 0 Å². The van der Waals surface area contributed by atoms with E-state index >= 15 is 0 Å². The SMILES string of the molecule is CC1(C)COC(=O)N[C@@H]1c1cc(O)ccc1Br. The molecule has 5 heteroatoms. The van der Waals surface area contributed by atoms with Crippen LogP contribution in [0.5, 0.6) is 5.75 Å². The van der Waals surface area contributed by atoms with Gasteiger partial charge in [-0.05, 0) is 23.8 Å². The lowest BCUT2D eigenvalue weighted by Crippen LogP contribution is -2.47. The van der Waals surface area contributed by atoms with Crippen LogP contribution in [0.4, 0.5) is 4.79 Å². The van der Waals surface area contributed by atoms with Crippen LogP contribution in [0.2, 0.25) is 0 Å². The topological polar surface area (TPSA) is 58.6 Å². The Bertz CT molecular complexity index is 459. The van der Waals surface area contributed by atoms with E-state index in [4.69, 9.17) is 4.74 Å². The largest absolute Gasteiger partial charge is 0.508 e. The van der Waals surface area contributed by atoms with Gasteiger partial charge in [-0.25, -0.2) is 4.79 Å². The van der Waals surface area contributed by atoms with E-state index in [0.29, 0.717) is 6.61 Å². The van der Waals surface area contributed by atoms with Crippen molar-refractivity contribution in [2.75, 3.05) is 6.61 Å². The van der Waals surface area contributed by atoms with Crippen LogP contribution in [0.25, 0.3) is 0 Å². The molecule has 0 spiro atoms. The molecular weight excluding hydrogens is 286 g/mol. The summed E-state index contributed by atoms with van der Waals surface area (Å²) in [4.78, 5) is 11.3. The van der Waals surface area contributed by atoms with Crippen LogP contribution in [0, 0.1) is 5.41 Å². The van der Waals surface area contributed by atoms with Crippen molar-refractivity contribution in [1.82, 2.24) is 5.32 Å². The van der Waals surface area contributed by atoms with Crippen molar-refractivity contribution in [1.29, 1.82) is 0 Å². The van der Waals surface area contributed by atoms with Gasteiger partial charge in [0.15, 0.2) is 0 Å². The van der Waals surface area contributed by atoms with Gasteiger partial charge in [-0.15, -0.1) is 0 Å². The maximum atomic E-state index is 11.3. The minimum atomic E-state index is -0.426. The molecule has 1 saturated heterocycles. The molecule has 1 aromatic rings. The number of hydrogen-bond donors (Lipinski definition) is 2. The van der Waals surface area contributed by atoms with Crippen molar-refractivity contribution in [3.8, 4) is 5.75 Å². The molecule has 0 aromatic heterocycles. The molecule has 1 aliphatic heterocycles. The third kappa shape index (κ3) is 2.39. The molecule has 17 heavy (non-hydrogen) atoms. The fourth-order valence-electron chi connectivity index (χ4n) is 1.94. The van der Waals surface area contributed by atoms with Crippen LogP contribution in [0.15, 0.2) is 22.7 Å². The smallest absolute Gasteiger partial charge is 0.407 e. The molecule has 0 aliphatic carbocycles. The first-order valence-corrected chi connectivity index (χ1v) is 6.11. The Morgan fingerprint density at radius 3 is 2.94 bits per heavy atom. The van der Waals surface area contributed by atoms with Crippen LogP contribution in [0.3, 0.4) is 0 Å². The predicted octanol–water partition coefficient (Wildman–Crippen LogP) is 2.96. The number of benzene rings is 1. The molecule has 1 fully saturated rings. The van der Waals surface area contributed by atoms with E-state index in [9.17, 15) is 9.90 Å². The van der Waals surface area contributed by atoms with Gasteiger partial charge in [0.1, 0.15) is 12.4 Å². The number of alkyl carbamates (subject to hydrolysis) is 1. The summed E-state index contributed by atoms with van der Waals surface area (Å²) in [5, 5.41) is 12.3. The number of halogens is 1. The number of phenols is 1. The highest BCUT2D eigenvalue weighted by Crippen LogP contribution is 2.40. The summed E-state index contributed by atoms with van der Waals surface area (Å²) in [5.41, 5.74) is 0.621. The molecule has 1 aromatic carbocycles. The minimum absolute atomic E-state index is 0.180. The van der Waals surface area contributed by atoms with E-state index in [1.807, 2.05) is 13.8 Å². The minimum Gasteiger partial charge on any atom is -0.508 e. The molecule has 4 nitrogen and oxygen atoms in total. The normalized spacial score (nSPS) is 22.8. The van der Waals surface area contributed by atoms with Crippen molar-refractivity contribution in [2.24, 2.45) is 5.41 Å². The summed E-state index contributed by atoms with van der Waals surface area (Å²) >= 11 is 3.43. The molecule has 2 N–H and O–H groups in total. The van der Waals surface area contributed by atoms with Gasteiger partial charge in [0, 0.05) is 9.89 Å². The number of ether oxygens (including phenoxy) is 1. The molecule has 0 unspecified atom stereocenters. The van der Waals surface area contributed by atoms with Crippen molar-refractivity contribution in [3.63, 3.8) is 0 Å². The summed E-state index contributed by atoms with van der Waals surface area (Å²) in [7, 11) is 0. The van der Waals surface area contributed by atoms with Crippen LogP contribution < -0.4 is 5.32 Å².